The molecule has 0 fully saturated rings. The van der Waals surface area contributed by atoms with Gasteiger partial charge in [-0.05, 0) is 26.8 Å². The monoisotopic (exact) mass is 253 g/mol. The SMILES string of the molecule is Cc1cc(C)c([N+](=O)[O-])c(C)n1.F[B-](F)(F)F. The van der Waals surface area contributed by atoms with Crippen molar-refractivity contribution in [2.45, 2.75) is 20.8 Å². The lowest BCUT2D eigenvalue weighted by atomic mass is 10.2. The molecule has 0 saturated carbocycles. The minimum absolute atomic E-state index is 0.126. The molecule has 0 aliphatic carbocycles. The third-order valence-corrected chi connectivity index (χ3v) is 1.67. The van der Waals surface area contributed by atoms with E-state index in [0.29, 0.717) is 11.3 Å². The van der Waals surface area contributed by atoms with Gasteiger partial charge in [0.15, 0.2) is 0 Å². The smallest absolute Gasteiger partial charge is 0.418 e. The van der Waals surface area contributed by atoms with Gasteiger partial charge in [0.1, 0.15) is 5.69 Å². The summed E-state index contributed by atoms with van der Waals surface area (Å²) in [5.74, 6) is 0. The molecule has 0 saturated heterocycles. The Kier molecular flexibility index (Phi) is 5.05. The average molecular weight is 253 g/mol. The molecule has 0 unspecified atom stereocenters. The average Bonchev–Trinajstić information content (AvgIpc) is 1.95. The summed E-state index contributed by atoms with van der Waals surface area (Å²) >= 11 is 0. The molecule has 0 spiro atoms. The highest BCUT2D eigenvalue weighted by molar-refractivity contribution is 6.50. The molecular formula is C8H10BF4N2O2-. The van der Waals surface area contributed by atoms with Crippen LogP contribution in [0.4, 0.5) is 23.0 Å². The van der Waals surface area contributed by atoms with E-state index in [4.69, 9.17) is 0 Å². The van der Waals surface area contributed by atoms with E-state index >= 15 is 0 Å². The summed E-state index contributed by atoms with van der Waals surface area (Å²) in [5, 5.41) is 10.5. The van der Waals surface area contributed by atoms with Crippen LogP contribution in [0.2, 0.25) is 0 Å². The van der Waals surface area contributed by atoms with Gasteiger partial charge in [0.2, 0.25) is 0 Å². The van der Waals surface area contributed by atoms with Crippen molar-refractivity contribution in [3.63, 3.8) is 0 Å². The van der Waals surface area contributed by atoms with Gasteiger partial charge in [-0.25, -0.2) is 0 Å². The van der Waals surface area contributed by atoms with E-state index in [2.05, 4.69) is 4.98 Å². The van der Waals surface area contributed by atoms with Crippen LogP contribution in [0.15, 0.2) is 6.07 Å². The van der Waals surface area contributed by atoms with Crippen LogP contribution in [0.25, 0.3) is 0 Å². The fourth-order valence-corrected chi connectivity index (χ4v) is 1.29. The zero-order valence-electron chi connectivity index (χ0n) is 9.38. The predicted octanol–water partition coefficient (Wildman–Crippen LogP) is 3.22. The van der Waals surface area contributed by atoms with Crippen molar-refractivity contribution in [1.29, 1.82) is 0 Å². The van der Waals surface area contributed by atoms with Gasteiger partial charge < -0.3 is 17.3 Å². The largest absolute Gasteiger partial charge is 0.673 e. The first-order valence-corrected chi connectivity index (χ1v) is 4.49. The third kappa shape index (κ3) is 6.49. The number of aromatic nitrogens is 1. The molecule has 17 heavy (non-hydrogen) atoms. The Balaban J connectivity index is 0.000000437. The van der Waals surface area contributed by atoms with Crippen LogP contribution in [-0.2, 0) is 0 Å². The summed E-state index contributed by atoms with van der Waals surface area (Å²) in [7, 11) is -6.00. The Morgan fingerprint density at radius 1 is 1.24 bits per heavy atom. The van der Waals surface area contributed by atoms with Crippen LogP contribution >= 0.6 is 0 Å². The summed E-state index contributed by atoms with van der Waals surface area (Å²) in [6.07, 6.45) is 0. The molecular weight excluding hydrogens is 243 g/mol. The molecule has 0 aliphatic rings. The first-order chi connectivity index (χ1) is 7.52. The third-order valence-electron chi connectivity index (χ3n) is 1.67. The van der Waals surface area contributed by atoms with Crippen molar-refractivity contribution in [1.82, 2.24) is 4.98 Å². The fourth-order valence-electron chi connectivity index (χ4n) is 1.29. The number of nitro groups is 1. The summed E-state index contributed by atoms with van der Waals surface area (Å²) < 4.78 is 39.0. The second-order valence-corrected chi connectivity index (χ2v) is 3.27. The standard InChI is InChI=1S/C8H10N2O2.BF4/c1-5-4-6(2)9-7(3)8(5)10(11)12;2-1(3,4)5/h4H,1-3H3;/q;-1. The van der Waals surface area contributed by atoms with E-state index in [1.165, 1.54) is 0 Å². The molecule has 0 bridgehead atoms. The Morgan fingerprint density at radius 2 is 1.65 bits per heavy atom. The van der Waals surface area contributed by atoms with Gasteiger partial charge in [0.25, 0.3) is 5.69 Å². The van der Waals surface area contributed by atoms with Gasteiger partial charge in [-0.3, -0.25) is 15.1 Å². The molecule has 9 heteroatoms. The topological polar surface area (TPSA) is 56.0 Å². The normalized spacial score (nSPS) is 10.5. The van der Waals surface area contributed by atoms with Crippen molar-refractivity contribution < 1.29 is 22.2 Å². The van der Waals surface area contributed by atoms with Gasteiger partial charge in [-0.2, -0.15) is 0 Å². The van der Waals surface area contributed by atoms with E-state index in [1.807, 2.05) is 6.92 Å². The van der Waals surface area contributed by atoms with Crippen molar-refractivity contribution in [3.05, 3.63) is 33.1 Å². The van der Waals surface area contributed by atoms with Crippen LogP contribution < -0.4 is 0 Å². The zero-order valence-corrected chi connectivity index (χ0v) is 9.38. The maximum atomic E-state index is 10.5. The molecule has 0 aromatic carbocycles. The molecule has 1 heterocycles. The molecule has 1 rings (SSSR count). The van der Waals surface area contributed by atoms with Gasteiger partial charge in [0.05, 0.1) is 4.92 Å². The maximum absolute atomic E-state index is 10.5. The first kappa shape index (κ1) is 15.3. The van der Waals surface area contributed by atoms with Crippen LogP contribution in [-0.4, -0.2) is 17.2 Å². The number of pyridine rings is 1. The van der Waals surface area contributed by atoms with Gasteiger partial charge in [0, 0.05) is 11.3 Å². The van der Waals surface area contributed by atoms with Crippen LogP contribution in [0.5, 0.6) is 0 Å². The van der Waals surface area contributed by atoms with Gasteiger partial charge in [-0.15, -0.1) is 0 Å². The molecule has 0 N–H and O–H groups in total. The molecule has 1 aromatic heterocycles. The second-order valence-electron chi connectivity index (χ2n) is 3.27. The molecule has 0 amide bonds. The van der Waals surface area contributed by atoms with Crippen LogP contribution in [0, 0.1) is 30.9 Å². The Bertz CT molecular complexity index is 393. The Morgan fingerprint density at radius 3 is 1.94 bits per heavy atom. The van der Waals surface area contributed by atoms with Gasteiger partial charge >= 0.3 is 7.25 Å². The van der Waals surface area contributed by atoms with Crippen molar-refractivity contribution in [2.75, 3.05) is 0 Å². The molecule has 0 atom stereocenters. The quantitative estimate of drug-likeness (QED) is 0.334. The lowest BCUT2D eigenvalue weighted by Crippen LogP contribution is -2.02. The highest BCUT2D eigenvalue weighted by Gasteiger charge is 2.20. The molecule has 1 aromatic rings. The number of hydrogen-bond acceptors (Lipinski definition) is 3. The highest BCUT2D eigenvalue weighted by Crippen LogP contribution is 2.20. The highest BCUT2D eigenvalue weighted by atomic mass is 19.5. The summed E-state index contributed by atoms with van der Waals surface area (Å²) in [4.78, 5) is 14.1. The number of hydrogen-bond donors (Lipinski definition) is 0. The fraction of sp³-hybridized carbons (Fsp3) is 0.375. The molecule has 4 nitrogen and oxygen atoms in total. The minimum atomic E-state index is -6.00. The molecule has 96 valence electrons. The summed E-state index contributed by atoms with van der Waals surface area (Å²) in [6, 6.07) is 1.71. The minimum Gasteiger partial charge on any atom is -0.418 e. The maximum Gasteiger partial charge on any atom is 0.673 e. The number of nitrogens with zero attached hydrogens (tertiary/aromatic N) is 2. The summed E-state index contributed by atoms with van der Waals surface area (Å²) in [5.41, 5.74) is 2.10. The van der Waals surface area contributed by atoms with E-state index in [-0.39, 0.29) is 5.69 Å². The number of rotatable bonds is 1. The van der Waals surface area contributed by atoms with E-state index < -0.39 is 12.2 Å². The molecule has 0 radical (unpaired) electrons. The van der Waals surface area contributed by atoms with Crippen molar-refractivity contribution in [2.24, 2.45) is 0 Å². The first-order valence-electron chi connectivity index (χ1n) is 4.49. The van der Waals surface area contributed by atoms with E-state index in [9.17, 15) is 27.4 Å². The van der Waals surface area contributed by atoms with E-state index in [1.54, 1.807) is 19.9 Å². The molecule has 0 aliphatic heterocycles. The Hall–Kier alpha value is -1.67. The zero-order chi connectivity index (χ0) is 13.8. The lowest BCUT2D eigenvalue weighted by Gasteiger charge is -2.00. The van der Waals surface area contributed by atoms with Crippen molar-refractivity contribution in [3.8, 4) is 0 Å². The van der Waals surface area contributed by atoms with Crippen LogP contribution in [0.1, 0.15) is 17.0 Å². The predicted molar refractivity (Wildman–Crippen MR) is 55.3 cm³/mol. The summed E-state index contributed by atoms with van der Waals surface area (Å²) in [6.45, 7) is 5.20. The van der Waals surface area contributed by atoms with Crippen molar-refractivity contribution >= 4 is 12.9 Å². The number of aryl methyl sites for hydroxylation is 3. The Labute approximate surface area is 94.9 Å². The second kappa shape index (κ2) is 5.60. The van der Waals surface area contributed by atoms with Crippen LogP contribution in [0.3, 0.4) is 0 Å². The van der Waals surface area contributed by atoms with E-state index in [0.717, 1.165) is 5.69 Å². The lowest BCUT2D eigenvalue weighted by molar-refractivity contribution is -0.386. The number of halogens is 4. The van der Waals surface area contributed by atoms with Gasteiger partial charge in [-0.1, -0.05) is 0 Å².